The Hall–Kier alpha value is -2.86. The van der Waals surface area contributed by atoms with Gasteiger partial charge in [0.2, 0.25) is 0 Å². The summed E-state index contributed by atoms with van der Waals surface area (Å²) in [6, 6.07) is 11.2. The minimum atomic E-state index is -1.15. The fraction of sp³-hybridized carbons (Fsp3) is 0.222. The van der Waals surface area contributed by atoms with E-state index in [9.17, 15) is 9.59 Å². The lowest BCUT2D eigenvalue weighted by Crippen LogP contribution is -2.16. The Labute approximate surface area is 139 Å². The number of carbonyl (C=O) groups excluding carboxylic acids is 1. The first-order valence-corrected chi connectivity index (χ1v) is 7.48. The highest BCUT2D eigenvalue weighted by atomic mass is 16.5. The molecule has 24 heavy (non-hydrogen) atoms. The van der Waals surface area contributed by atoms with Gasteiger partial charge in [0.25, 0.3) is 5.91 Å². The van der Waals surface area contributed by atoms with Crippen LogP contribution < -0.4 is 10.1 Å². The summed E-state index contributed by atoms with van der Waals surface area (Å²) in [5.74, 6) is -1.05. The van der Waals surface area contributed by atoms with E-state index in [1.165, 1.54) is 19.2 Å². The number of nitrogens with one attached hydrogen (secondary N) is 1. The SMILES string of the molecule is COc1cc(NC(=O)c2ccccc2C(=O)O)ccc1CCCO. The molecular weight excluding hydrogens is 310 g/mol. The molecule has 0 saturated heterocycles. The molecule has 6 nitrogen and oxygen atoms in total. The van der Waals surface area contributed by atoms with E-state index in [0.717, 1.165) is 5.56 Å². The number of hydrogen-bond donors (Lipinski definition) is 3. The van der Waals surface area contributed by atoms with Gasteiger partial charge in [0.1, 0.15) is 5.75 Å². The van der Waals surface area contributed by atoms with Crippen molar-refractivity contribution in [2.75, 3.05) is 19.0 Å². The van der Waals surface area contributed by atoms with Crippen molar-refractivity contribution in [1.29, 1.82) is 0 Å². The zero-order valence-electron chi connectivity index (χ0n) is 13.3. The van der Waals surface area contributed by atoms with Gasteiger partial charge in [-0.25, -0.2) is 4.79 Å². The van der Waals surface area contributed by atoms with Crippen molar-refractivity contribution in [2.24, 2.45) is 0 Å². The lowest BCUT2D eigenvalue weighted by molar-refractivity contribution is 0.0692. The summed E-state index contributed by atoms with van der Waals surface area (Å²) in [5.41, 5.74) is 1.47. The maximum absolute atomic E-state index is 12.3. The van der Waals surface area contributed by atoms with Gasteiger partial charge in [-0.2, -0.15) is 0 Å². The fourth-order valence-corrected chi connectivity index (χ4v) is 2.36. The highest BCUT2D eigenvalue weighted by Gasteiger charge is 2.16. The molecule has 126 valence electrons. The molecule has 2 aromatic carbocycles. The van der Waals surface area contributed by atoms with Crippen molar-refractivity contribution >= 4 is 17.6 Å². The Morgan fingerprint density at radius 2 is 1.83 bits per heavy atom. The Morgan fingerprint density at radius 3 is 2.46 bits per heavy atom. The molecule has 6 heteroatoms. The number of amides is 1. The van der Waals surface area contributed by atoms with Gasteiger partial charge in [0.05, 0.1) is 18.2 Å². The first kappa shape index (κ1) is 17.5. The van der Waals surface area contributed by atoms with E-state index in [1.54, 1.807) is 24.3 Å². The minimum absolute atomic E-state index is 0.0541. The van der Waals surface area contributed by atoms with E-state index in [0.29, 0.717) is 24.3 Å². The van der Waals surface area contributed by atoms with Crippen LogP contribution in [0.25, 0.3) is 0 Å². The number of aliphatic hydroxyl groups excluding tert-OH is 1. The number of aliphatic hydroxyl groups is 1. The van der Waals surface area contributed by atoms with Crippen LogP contribution in [0.4, 0.5) is 5.69 Å². The number of carboxylic acid groups (broad SMARTS) is 1. The number of carboxylic acids is 1. The molecule has 0 aliphatic rings. The predicted octanol–water partition coefficient (Wildman–Crippen LogP) is 2.57. The van der Waals surface area contributed by atoms with E-state index in [-0.39, 0.29) is 17.7 Å². The number of aromatic carboxylic acids is 1. The number of ether oxygens (including phenoxy) is 1. The molecule has 0 fully saturated rings. The van der Waals surface area contributed by atoms with Crippen molar-refractivity contribution < 1.29 is 24.5 Å². The Kier molecular flexibility index (Phi) is 5.92. The zero-order valence-corrected chi connectivity index (χ0v) is 13.3. The second-order valence-corrected chi connectivity index (χ2v) is 5.16. The summed E-state index contributed by atoms with van der Waals surface area (Å²) in [6.45, 7) is 0.0909. The number of hydrogen-bond acceptors (Lipinski definition) is 4. The number of benzene rings is 2. The van der Waals surface area contributed by atoms with Gasteiger partial charge >= 0.3 is 5.97 Å². The van der Waals surface area contributed by atoms with Gasteiger partial charge in [-0.3, -0.25) is 4.79 Å². The van der Waals surface area contributed by atoms with Gasteiger partial charge in [-0.15, -0.1) is 0 Å². The lowest BCUT2D eigenvalue weighted by atomic mass is 10.1. The molecular formula is C18H19NO5. The van der Waals surface area contributed by atoms with Crippen LogP contribution >= 0.6 is 0 Å². The van der Waals surface area contributed by atoms with E-state index in [2.05, 4.69) is 5.32 Å². The maximum atomic E-state index is 12.3. The van der Waals surface area contributed by atoms with E-state index >= 15 is 0 Å². The summed E-state index contributed by atoms with van der Waals surface area (Å²) < 4.78 is 5.31. The summed E-state index contributed by atoms with van der Waals surface area (Å²) in [6.07, 6.45) is 1.28. The molecule has 2 rings (SSSR count). The quantitative estimate of drug-likeness (QED) is 0.725. The molecule has 0 spiro atoms. The standard InChI is InChI=1S/C18H19NO5/c1-24-16-11-13(9-8-12(16)5-4-10-20)19-17(21)14-6-2-3-7-15(14)18(22)23/h2-3,6-9,11,20H,4-5,10H2,1H3,(H,19,21)(H,22,23). The van der Waals surface area contributed by atoms with Crippen LogP contribution in [0.15, 0.2) is 42.5 Å². The Morgan fingerprint density at radius 1 is 1.12 bits per heavy atom. The van der Waals surface area contributed by atoms with Crippen molar-refractivity contribution in [3.8, 4) is 5.75 Å². The topological polar surface area (TPSA) is 95.9 Å². The van der Waals surface area contributed by atoms with Crippen LogP contribution in [-0.2, 0) is 6.42 Å². The van der Waals surface area contributed by atoms with Crippen LogP contribution in [0, 0.1) is 0 Å². The molecule has 0 heterocycles. The third-order valence-electron chi connectivity index (χ3n) is 3.55. The molecule has 0 aliphatic heterocycles. The van der Waals surface area contributed by atoms with E-state index < -0.39 is 11.9 Å². The smallest absolute Gasteiger partial charge is 0.336 e. The maximum Gasteiger partial charge on any atom is 0.336 e. The second kappa shape index (κ2) is 8.12. The molecule has 0 unspecified atom stereocenters. The number of methoxy groups -OCH3 is 1. The van der Waals surface area contributed by atoms with Crippen LogP contribution in [0.3, 0.4) is 0 Å². The highest BCUT2D eigenvalue weighted by Crippen LogP contribution is 2.25. The van der Waals surface area contributed by atoms with Crippen LogP contribution in [0.1, 0.15) is 32.7 Å². The monoisotopic (exact) mass is 329 g/mol. The molecule has 2 aromatic rings. The van der Waals surface area contributed by atoms with E-state index in [4.69, 9.17) is 14.9 Å². The minimum Gasteiger partial charge on any atom is -0.496 e. The average Bonchev–Trinajstić information content (AvgIpc) is 2.60. The van der Waals surface area contributed by atoms with Crippen LogP contribution in [0.2, 0.25) is 0 Å². The summed E-state index contributed by atoms with van der Waals surface area (Å²) in [4.78, 5) is 23.6. The number of rotatable bonds is 7. The molecule has 0 atom stereocenters. The molecule has 1 amide bonds. The van der Waals surface area contributed by atoms with Crippen LogP contribution in [-0.4, -0.2) is 35.8 Å². The number of carbonyl (C=O) groups is 2. The highest BCUT2D eigenvalue weighted by molar-refractivity contribution is 6.10. The van der Waals surface area contributed by atoms with Gasteiger partial charge in [0.15, 0.2) is 0 Å². The Bertz CT molecular complexity index is 742. The molecule has 3 N–H and O–H groups in total. The molecule has 0 aliphatic carbocycles. The normalized spacial score (nSPS) is 10.2. The molecule has 0 saturated carbocycles. The summed E-state index contributed by atoms with van der Waals surface area (Å²) in [7, 11) is 1.53. The van der Waals surface area contributed by atoms with Crippen molar-refractivity contribution in [3.63, 3.8) is 0 Å². The molecule has 0 radical (unpaired) electrons. The molecule has 0 bridgehead atoms. The second-order valence-electron chi connectivity index (χ2n) is 5.16. The zero-order chi connectivity index (χ0) is 17.5. The number of anilines is 1. The van der Waals surface area contributed by atoms with Gasteiger partial charge < -0.3 is 20.3 Å². The van der Waals surface area contributed by atoms with Crippen LogP contribution in [0.5, 0.6) is 5.75 Å². The summed E-state index contributed by atoms with van der Waals surface area (Å²) in [5, 5.41) is 20.8. The Balaban J connectivity index is 2.22. The third kappa shape index (κ3) is 4.11. The van der Waals surface area contributed by atoms with Gasteiger partial charge in [-0.1, -0.05) is 18.2 Å². The number of aryl methyl sites for hydroxylation is 1. The van der Waals surface area contributed by atoms with Crippen molar-refractivity contribution in [2.45, 2.75) is 12.8 Å². The van der Waals surface area contributed by atoms with Crippen molar-refractivity contribution in [3.05, 3.63) is 59.2 Å². The third-order valence-corrected chi connectivity index (χ3v) is 3.55. The fourth-order valence-electron chi connectivity index (χ4n) is 2.36. The van der Waals surface area contributed by atoms with Crippen molar-refractivity contribution in [1.82, 2.24) is 0 Å². The first-order chi connectivity index (χ1) is 11.6. The van der Waals surface area contributed by atoms with Gasteiger partial charge in [-0.05, 0) is 36.6 Å². The van der Waals surface area contributed by atoms with Gasteiger partial charge in [0, 0.05) is 18.4 Å². The predicted molar refractivity (Wildman–Crippen MR) is 89.8 cm³/mol. The molecule has 0 aromatic heterocycles. The van der Waals surface area contributed by atoms with E-state index in [1.807, 2.05) is 6.07 Å². The first-order valence-electron chi connectivity index (χ1n) is 7.48. The summed E-state index contributed by atoms with van der Waals surface area (Å²) >= 11 is 0. The largest absolute Gasteiger partial charge is 0.496 e. The average molecular weight is 329 g/mol. The lowest BCUT2D eigenvalue weighted by Gasteiger charge is -2.12.